The van der Waals surface area contributed by atoms with Gasteiger partial charge in [0.05, 0.1) is 12.5 Å². The highest BCUT2D eigenvalue weighted by molar-refractivity contribution is 5.93. The molecule has 0 saturated carbocycles. The zero-order chi connectivity index (χ0) is 18.8. The largest absolute Gasteiger partial charge is 0.479 e. The first-order valence-electron chi connectivity index (χ1n) is 8.26. The predicted octanol–water partition coefficient (Wildman–Crippen LogP) is 3.09. The summed E-state index contributed by atoms with van der Waals surface area (Å²) in [6, 6.07) is 17.9. The fourth-order valence-electron chi connectivity index (χ4n) is 2.19. The lowest BCUT2D eigenvalue weighted by Crippen LogP contribution is -2.31. The van der Waals surface area contributed by atoms with E-state index in [1.54, 1.807) is 43.3 Å². The van der Waals surface area contributed by atoms with Crippen molar-refractivity contribution >= 4 is 17.6 Å². The molecule has 6 heteroatoms. The number of benzene rings is 2. The maximum Gasteiger partial charge on any atom is 0.347 e. The molecule has 2 aromatic carbocycles. The molecular formula is C20H20N2O4. The minimum absolute atomic E-state index is 0.311. The maximum atomic E-state index is 12.1. The van der Waals surface area contributed by atoms with E-state index < -0.39 is 24.6 Å². The van der Waals surface area contributed by atoms with Crippen LogP contribution in [-0.2, 0) is 20.7 Å². The molecule has 0 aromatic heterocycles. The van der Waals surface area contributed by atoms with E-state index in [2.05, 4.69) is 11.4 Å². The Morgan fingerprint density at radius 1 is 1.12 bits per heavy atom. The first-order valence-corrected chi connectivity index (χ1v) is 8.26. The Morgan fingerprint density at radius 2 is 1.81 bits per heavy atom. The number of nitriles is 1. The van der Waals surface area contributed by atoms with Crippen molar-refractivity contribution in [2.45, 2.75) is 25.9 Å². The van der Waals surface area contributed by atoms with E-state index in [0.717, 1.165) is 5.56 Å². The fourth-order valence-corrected chi connectivity index (χ4v) is 2.19. The topological polar surface area (TPSA) is 88.4 Å². The lowest BCUT2D eigenvalue weighted by atomic mass is 10.1. The third-order valence-electron chi connectivity index (χ3n) is 3.52. The molecule has 1 atom stereocenters. The summed E-state index contributed by atoms with van der Waals surface area (Å²) in [4.78, 5) is 24.0. The van der Waals surface area contributed by atoms with Gasteiger partial charge in [0.2, 0.25) is 0 Å². The molecule has 2 aromatic rings. The lowest BCUT2D eigenvalue weighted by molar-refractivity contribution is -0.154. The van der Waals surface area contributed by atoms with Crippen LogP contribution in [-0.4, -0.2) is 24.6 Å². The van der Waals surface area contributed by atoms with Gasteiger partial charge in [-0.1, -0.05) is 37.3 Å². The van der Waals surface area contributed by atoms with Gasteiger partial charge in [-0.15, -0.1) is 0 Å². The molecule has 0 aliphatic rings. The number of amides is 1. The van der Waals surface area contributed by atoms with Crippen molar-refractivity contribution in [3.63, 3.8) is 0 Å². The molecule has 134 valence electrons. The Kier molecular flexibility index (Phi) is 7.19. The lowest BCUT2D eigenvalue weighted by Gasteiger charge is -2.16. The Morgan fingerprint density at radius 3 is 2.42 bits per heavy atom. The average Bonchev–Trinajstić information content (AvgIpc) is 2.67. The van der Waals surface area contributed by atoms with Gasteiger partial charge >= 0.3 is 5.97 Å². The molecule has 0 unspecified atom stereocenters. The molecular weight excluding hydrogens is 332 g/mol. The Balaban J connectivity index is 1.81. The maximum absolute atomic E-state index is 12.1. The summed E-state index contributed by atoms with van der Waals surface area (Å²) in [5, 5.41) is 11.3. The highest BCUT2D eigenvalue weighted by Gasteiger charge is 2.21. The van der Waals surface area contributed by atoms with Crippen LogP contribution in [0.1, 0.15) is 18.9 Å². The number of hydrogen-bond acceptors (Lipinski definition) is 5. The standard InChI is InChI=1S/C20H20N2O4/c1-2-18(26-17-6-4-3-5-7-17)20(24)25-14-19(23)22-16-10-8-15(9-11-16)12-13-21/h3-11,18H,2,12,14H2,1H3,(H,22,23)/t18-/m0/s1. The Hall–Kier alpha value is -3.33. The van der Waals surface area contributed by atoms with Crippen molar-refractivity contribution < 1.29 is 19.1 Å². The number of rotatable bonds is 8. The molecule has 26 heavy (non-hydrogen) atoms. The SMILES string of the molecule is CC[C@H](Oc1ccccc1)C(=O)OCC(=O)Nc1ccc(CC#N)cc1. The van der Waals surface area contributed by atoms with Gasteiger partial charge < -0.3 is 14.8 Å². The molecule has 0 heterocycles. The predicted molar refractivity (Wildman–Crippen MR) is 96.5 cm³/mol. The third kappa shape index (κ3) is 5.95. The molecule has 0 fully saturated rings. The number of carbonyl (C=O) groups excluding carboxylic acids is 2. The second-order valence-electron chi connectivity index (χ2n) is 5.52. The van der Waals surface area contributed by atoms with E-state index in [1.807, 2.05) is 18.2 Å². The van der Waals surface area contributed by atoms with Gasteiger partial charge in [-0.25, -0.2) is 4.79 Å². The number of ether oxygens (including phenoxy) is 2. The zero-order valence-corrected chi connectivity index (χ0v) is 14.5. The van der Waals surface area contributed by atoms with Gasteiger partial charge in [-0.05, 0) is 36.2 Å². The molecule has 0 radical (unpaired) electrons. The zero-order valence-electron chi connectivity index (χ0n) is 14.5. The fraction of sp³-hybridized carbons (Fsp3) is 0.250. The number of para-hydroxylation sites is 1. The van der Waals surface area contributed by atoms with Crippen LogP contribution in [0.5, 0.6) is 5.75 Å². The minimum atomic E-state index is -0.768. The molecule has 1 N–H and O–H groups in total. The van der Waals surface area contributed by atoms with E-state index in [1.165, 1.54) is 0 Å². The molecule has 6 nitrogen and oxygen atoms in total. The number of nitrogens with one attached hydrogen (secondary N) is 1. The summed E-state index contributed by atoms with van der Waals surface area (Å²) >= 11 is 0. The average molecular weight is 352 g/mol. The van der Waals surface area contributed by atoms with Gasteiger partial charge in [-0.2, -0.15) is 5.26 Å². The van der Waals surface area contributed by atoms with Crippen molar-refractivity contribution in [2.24, 2.45) is 0 Å². The van der Waals surface area contributed by atoms with Gasteiger partial charge in [0.25, 0.3) is 5.91 Å². The van der Waals surface area contributed by atoms with Gasteiger partial charge in [-0.3, -0.25) is 4.79 Å². The van der Waals surface area contributed by atoms with E-state index in [-0.39, 0.29) is 0 Å². The number of anilines is 1. The molecule has 0 bridgehead atoms. The van der Waals surface area contributed by atoms with Crippen LogP contribution < -0.4 is 10.1 Å². The Labute approximate surface area is 152 Å². The monoisotopic (exact) mass is 352 g/mol. The van der Waals surface area contributed by atoms with E-state index in [9.17, 15) is 9.59 Å². The molecule has 1 amide bonds. The quantitative estimate of drug-likeness (QED) is 0.738. The summed E-state index contributed by atoms with van der Waals surface area (Å²) in [6.45, 7) is 1.41. The summed E-state index contributed by atoms with van der Waals surface area (Å²) < 4.78 is 10.6. The second-order valence-corrected chi connectivity index (χ2v) is 5.52. The van der Waals surface area contributed by atoms with Crippen LogP contribution in [0.15, 0.2) is 54.6 Å². The first kappa shape index (κ1) is 19.0. The van der Waals surface area contributed by atoms with Gasteiger partial charge in [0.15, 0.2) is 12.7 Å². The van der Waals surface area contributed by atoms with Gasteiger partial charge in [0, 0.05) is 5.69 Å². The van der Waals surface area contributed by atoms with Crippen LogP contribution in [0.25, 0.3) is 0 Å². The summed E-state index contributed by atoms with van der Waals surface area (Å²) in [5.74, 6) is -0.463. The van der Waals surface area contributed by atoms with Crippen molar-refractivity contribution in [3.05, 3.63) is 60.2 Å². The highest BCUT2D eigenvalue weighted by Crippen LogP contribution is 2.14. The summed E-state index contributed by atoms with van der Waals surface area (Å²) in [7, 11) is 0. The van der Waals surface area contributed by atoms with Crippen molar-refractivity contribution in [3.8, 4) is 11.8 Å². The second kappa shape index (κ2) is 9.84. The number of hydrogen-bond donors (Lipinski definition) is 1. The molecule has 2 rings (SSSR count). The van der Waals surface area contributed by atoms with Crippen molar-refractivity contribution in [1.29, 1.82) is 5.26 Å². The molecule has 0 aliphatic carbocycles. The third-order valence-corrected chi connectivity index (χ3v) is 3.52. The van der Waals surface area contributed by atoms with Crippen LogP contribution in [0.3, 0.4) is 0 Å². The van der Waals surface area contributed by atoms with Gasteiger partial charge in [0.1, 0.15) is 5.75 Å². The Bertz CT molecular complexity index is 767. The molecule has 0 saturated heterocycles. The normalized spacial score (nSPS) is 11.1. The molecule has 0 aliphatic heterocycles. The van der Waals surface area contributed by atoms with Crippen LogP contribution in [0, 0.1) is 11.3 Å². The number of nitrogens with zero attached hydrogens (tertiary/aromatic N) is 1. The van der Waals surface area contributed by atoms with Crippen molar-refractivity contribution in [2.75, 3.05) is 11.9 Å². The smallest absolute Gasteiger partial charge is 0.347 e. The number of esters is 1. The summed E-state index contributed by atoms with van der Waals surface area (Å²) in [6.07, 6.45) is -0.0306. The number of carbonyl (C=O) groups is 2. The minimum Gasteiger partial charge on any atom is -0.479 e. The van der Waals surface area contributed by atoms with E-state index in [4.69, 9.17) is 14.7 Å². The van der Waals surface area contributed by atoms with Crippen LogP contribution in [0.2, 0.25) is 0 Å². The van der Waals surface area contributed by atoms with E-state index in [0.29, 0.717) is 24.3 Å². The highest BCUT2D eigenvalue weighted by atomic mass is 16.6. The molecule has 0 spiro atoms. The summed E-state index contributed by atoms with van der Waals surface area (Å²) in [5.41, 5.74) is 1.43. The first-order chi connectivity index (χ1) is 12.6. The van der Waals surface area contributed by atoms with Crippen molar-refractivity contribution in [1.82, 2.24) is 0 Å². The van der Waals surface area contributed by atoms with E-state index >= 15 is 0 Å². The van der Waals surface area contributed by atoms with Crippen LogP contribution >= 0.6 is 0 Å². The van der Waals surface area contributed by atoms with Crippen LogP contribution in [0.4, 0.5) is 5.69 Å².